The van der Waals surface area contributed by atoms with E-state index in [0.717, 1.165) is 0 Å². The fourth-order valence-corrected chi connectivity index (χ4v) is 3.76. The highest BCUT2D eigenvalue weighted by molar-refractivity contribution is 5.88. The van der Waals surface area contributed by atoms with Gasteiger partial charge < -0.3 is 9.47 Å². The van der Waals surface area contributed by atoms with E-state index in [1.165, 1.54) is 6.92 Å². The lowest BCUT2D eigenvalue weighted by Gasteiger charge is -2.12. The van der Waals surface area contributed by atoms with E-state index in [1.807, 2.05) is 24.3 Å². The third-order valence-electron chi connectivity index (χ3n) is 4.64. The highest BCUT2D eigenvalue weighted by Gasteiger charge is 2.76. The number of hydrogen-bond donors (Lipinski definition) is 0. The zero-order chi connectivity index (χ0) is 14.6. The van der Waals surface area contributed by atoms with E-state index in [2.05, 4.69) is 12.2 Å². The maximum absolute atomic E-state index is 12.5. The summed E-state index contributed by atoms with van der Waals surface area (Å²) in [4.78, 5) is 23.8. The van der Waals surface area contributed by atoms with Gasteiger partial charge in [0.1, 0.15) is 0 Å². The van der Waals surface area contributed by atoms with Crippen molar-refractivity contribution in [3.63, 3.8) is 0 Å². The number of rotatable bonds is 1. The molecule has 4 aliphatic rings. The molecule has 0 aromatic heterocycles. The Morgan fingerprint density at radius 3 is 2.48 bits per heavy atom. The summed E-state index contributed by atoms with van der Waals surface area (Å²) >= 11 is 0. The van der Waals surface area contributed by atoms with Gasteiger partial charge in [0.05, 0.1) is 11.3 Å². The van der Waals surface area contributed by atoms with Crippen molar-refractivity contribution < 1.29 is 19.1 Å². The number of carbonyl (C=O) groups excluding carboxylic acids is 2. The van der Waals surface area contributed by atoms with Crippen molar-refractivity contribution in [1.82, 2.24) is 0 Å². The highest BCUT2D eigenvalue weighted by atomic mass is 16.6. The van der Waals surface area contributed by atoms with Crippen LogP contribution in [0.1, 0.15) is 6.92 Å². The first kappa shape index (κ1) is 12.4. The van der Waals surface area contributed by atoms with Crippen LogP contribution in [0, 0.1) is 23.2 Å². The van der Waals surface area contributed by atoms with Crippen LogP contribution in [0.2, 0.25) is 0 Å². The van der Waals surface area contributed by atoms with Gasteiger partial charge in [-0.1, -0.05) is 42.5 Å². The molecule has 1 aliphatic heterocycles. The molecule has 1 spiro atoms. The molecule has 0 bridgehead atoms. The van der Waals surface area contributed by atoms with Gasteiger partial charge in [0.2, 0.25) is 0 Å². The summed E-state index contributed by atoms with van der Waals surface area (Å²) in [7, 11) is 0. The van der Waals surface area contributed by atoms with Crippen LogP contribution in [-0.4, -0.2) is 11.9 Å². The Hall–Kier alpha value is -2.36. The molecule has 106 valence electrons. The predicted molar refractivity (Wildman–Crippen MR) is 74.3 cm³/mol. The molecule has 0 radical (unpaired) electrons. The molecule has 0 aromatic carbocycles. The molecule has 3 unspecified atom stereocenters. The van der Waals surface area contributed by atoms with Gasteiger partial charge in [-0.05, 0) is 6.08 Å². The average molecular weight is 282 g/mol. The average Bonchev–Trinajstić information content (AvgIpc) is 3.08. The molecule has 3 aliphatic carbocycles. The van der Waals surface area contributed by atoms with E-state index in [4.69, 9.17) is 9.47 Å². The van der Waals surface area contributed by atoms with Gasteiger partial charge in [0, 0.05) is 18.8 Å². The molecular formula is C17H14O4. The van der Waals surface area contributed by atoms with Crippen LogP contribution in [0.15, 0.2) is 60.1 Å². The second-order valence-electron chi connectivity index (χ2n) is 5.69. The van der Waals surface area contributed by atoms with E-state index < -0.39 is 11.4 Å². The first-order valence-electron chi connectivity index (χ1n) is 7.00. The summed E-state index contributed by atoms with van der Waals surface area (Å²) in [5.74, 6) is 0.288. The Balaban J connectivity index is 1.81. The molecule has 4 rings (SSSR count). The highest BCUT2D eigenvalue weighted by Crippen LogP contribution is 2.71. The quantitative estimate of drug-likeness (QED) is 0.693. The molecule has 4 heteroatoms. The van der Waals surface area contributed by atoms with E-state index >= 15 is 0 Å². The maximum Gasteiger partial charge on any atom is 0.319 e. The summed E-state index contributed by atoms with van der Waals surface area (Å²) in [6.45, 7) is 1.34. The molecule has 4 nitrogen and oxygen atoms in total. The summed E-state index contributed by atoms with van der Waals surface area (Å²) < 4.78 is 10.7. The molecule has 0 amide bonds. The molecule has 2 fully saturated rings. The number of allylic oxidation sites excluding steroid dienone is 8. The van der Waals surface area contributed by atoms with Gasteiger partial charge >= 0.3 is 11.9 Å². The Morgan fingerprint density at radius 1 is 1.14 bits per heavy atom. The summed E-state index contributed by atoms with van der Waals surface area (Å²) in [6, 6.07) is 0. The molecule has 1 heterocycles. The van der Waals surface area contributed by atoms with E-state index in [9.17, 15) is 9.59 Å². The minimum Gasteiger partial charge on any atom is -0.426 e. The summed E-state index contributed by atoms with van der Waals surface area (Å²) in [5, 5.41) is 0. The zero-order valence-electron chi connectivity index (χ0n) is 11.5. The van der Waals surface area contributed by atoms with E-state index in [0.29, 0.717) is 11.5 Å². The molecule has 21 heavy (non-hydrogen) atoms. The van der Waals surface area contributed by atoms with Crippen LogP contribution in [0.3, 0.4) is 0 Å². The van der Waals surface area contributed by atoms with Crippen molar-refractivity contribution in [2.75, 3.05) is 0 Å². The Kier molecular flexibility index (Phi) is 2.40. The van der Waals surface area contributed by atoms with Crippen molar-refractivity contribution in [2.45, 2.75) is 6.92 Å². The summed E-state index contributed by atoms with van der Waals surface area (Å²) in [5.41, 5.74) is -0.563. The maximum atomic E-state index is 12.5. The van der Waals surface area contributed by atoms with E-state index in [1.54, 1.807) is 12.2 Å². The molecule has 1 saturated heterocycles. The van der Waals surface area contributed by atoms with Crippen molar-refractivity contribution in [2.24, 2.45) is 23.2 Å². The molecule has 0 aromatic rings. The van der Waals surface area contributed by atoms with Crippen LogP contribution in [-0.2, 0) is 19.1 Å². The van der Waals surface area contributed by atoms with Crippen LogP contribution in [0.4, 0.5) is 0 Å². The molecule has 3 atom stereocenters. The first-order valence-corrected chi connectivity index (χ1v) is 7.00. The lowest BCUT2D eigenvalue weighted by Crippen LogP contribution is -2.19. The van der Waals surface area contributed by atoms with E-state index in [-0.39, 0.29) is 23.7 Å². The lowest BCUT2D eigenvalue weighted by atomic mass is 9.86. The van der Waals surface area contributed by atoms with Crippen molar-refractivity contribution in [3.8, 4) is 0 Å². The minimum absolute atomic E-state index is 0.166. The van der Waals surface area contributed by atoms with Gasteiger partial charge in [-0.3, -0.25) is 9.59 Å². The normalized spacial score (nSPS) is 38.1. The Morgan fingerprint density at radius 2 is 1.81 bits per heavy atom. The van der Waals surface area contributed by atoms with Gasteiger partial charge in [-0.15, -0.1) is 0 Å². The number of ether oxygens (including phenoxy) is 2. The predicted octanol–water partition coefficient (Wildman–Crippen LogP) is 2.42. The van der Waals surface area contributed by atoms with Crippen molar-refractivity contribution >= 4 is 11.9 Å². The third-order valence-corrected chi connectivity index (χ3v) is 4.64. The molecule has 0 N–H and O–H groups in total. The van der Waals surface area contributed by atoms with Crippen LogP contribution >= 0.6 is 0 Å². The number of fused-ring (bicyclic) bond motifs is 5. The van der Waals surface area contributed by atoms with Crippen LogP contribution in [0.5, 0.6) is 0 Å². The molecule has 1 saturated carbocycles. The minimum atomic E-state index is -0.563. The zero-order valence-corrected chi connectivity index (χ0v) is 11.5. The number of carbonyl (C=O) groups is 2. The third kappa shape index (κ3) is 1.50. The Labute approximate surface area is 122 Å². The topological polar surface area (TPSA) is 52.6 Å². The van der Waals surface area contributed by atoms with Crippen molar-refractivity contribution in [1.29, 1.82) is 0 Å². The second kappa shape index (κ2) is 4.07. The van der Waals surface area contributed by atoms with Crippen LogP contribution < -0.4 is 0 Å². The largest absolute Gasteiger partial charge is 0.426 e. The van der Waals surface area contributed by atoms with Gasteiger partial charge in [0.25, 0.3) is 0 Å². The number of esters is 2. The monoisotopic (exact) mass is 282 g/mol. The fraction of sp³-hybridized carbons (Fsp3) is 0.294. The van der Waals surface area contributed by atoms with Crippen LogP contribution in [0.25, 0.3) is 0 Å². The Bertz CT molecular complexity index is 672. The number of hydrogen-bond acceptors (Lipinski definition) is 4. The second-order valence-corrected chi connectivity index (χ2v) is 5.69. The summed E-state index contributed by atoms with van der Waals surface area (Å²) in [6.07, 6.45) is 15.4. The van der Waals surface area contributed by atoms with Gasteiger partial charge in [-0.2, -0.15) is 0 Å². The van der Waals surface area contributed by atoms with Gasteiger partial charge in [-0.25, -0.2) is 0 Å². The standard InChI is InChI=1S/C17H14O4/c1-10(18)20-14-9-5-4-8-13-15(14)21-16(19)17(13)11-6-2-3-7-12(11)17/h2-9,11-13H,1H3. The fourth-order valence-electron chi connectivity index (χ4n) is 3.76. The van der Waals surface area contributed by atoms with Crippen molar-refractivity contribution in [3.05, 3.63) is 60.1 Å². The van der Waals surface area contributed by atoms with Gasteiger partial charge in [0.15, 0.2) is 11.5 Å². The smallest absolute Gasteiger partial charge is 0.319 e. The molecular weight excluding hydrogens is 268 g/mol. The first-order chi connectivity index (χ1) is 10.2. The SMILES string of the molecule is CC(=O)OC1=C2OC(=O)C3(C2C=CC=C1)C1C=CC=CC13. The lowest BCUT2D eigenvalue weighted by molar-refractivity contribution is -0.142.